The minimum atomic E-state index is -0.243. The van der Waals surface area contributed by atoms with Crippen LogP contribution >= 0.6 is 15.9 Å². The molecule has 0 saturated carbocycles. The number of carbonyl (C=O) groups excluding carboxylic acids is 1. The molecule has 0 aliphatic carbocycles. The zero-order chi connectivity index (χ0) is 25.7. The number of hydrogen-bond acceptors (Lipinski definition) is 7. The summed E-state index contributed by atoms with van der Waals surface area (Å²) < 4.78 is 19.0. The van der Waals surface area contributed by atoms with Crippen LogP contribution in [0.15, 0.2) is 50.8 Å². The van der Waals surface area contributed by atoms with Gasteiger partial charge in [0.15, 0.2) is 18.1 Å². The molecule has 0 atom stereocenters. The van der Waals surface area contributed by atoms with Crippen LogP contribution in [0.3, 0.4) is 0 Å². The molecular weight excluding hydrogens is 528 g/mol. The van der Waals surface area contributed by atoms with Gasteiger partial charge in [0.25, 0.3) is 11.5 Å². The van der Waals surface area contributed by atoms with Gasteiger partial charge in [-0.25, -0.2) is 4.98 Å². The number of fused-ring (bicyclic) bond motifs is 1. The van der Waals surface area contributed by atoms with Gasteiger partial charge in [-0.15, -0.1) is 0 Å². The van der Waals surface area contributed by atoms with Crippen LogP contribution in [-0.2, 0) is 9.53 Å². The summed E-state index contributed by atoms with van der Waals surface area (Å²) in [6.45, 7) is 8.35. The highest BCUT2D eigenvalue weighted by molar-refractivity contribution is 9.10. The van der Waals surface area contributed by atoms with E-state index in [1.807, 2.05) is 32.9 Å². The summed E-state index contributed by atoms with van der Waals surface area (Å²) in [4.78, 5) is 32.1. The number of halogens is 1. The van der Waals surface area contributed by atoms with E-state index in [0.29, 0.717) is 66.7 Å². The largest absolute Gasteiger partial charge is 0.490 e. The van der Waals surface area contributed by atoms with E-state index in [1.165, 1.54) is 4.68 Å². The number of nitrogens with zero attached hydrogens (tertiary/aromatic N) is 4. The van der Waals surface area contributed by atoms with Crippen LogP contribution in [0, 0.1) is 0 Å². The van der Waals surface area contributed by atoms with E-state index in [4.69, 9.17) is 14.2 Å². The van der Waals surface area contributed by atoms with Gasteiger partial charge in [0.05, 0.1) is 36.9 Å². The third kappa shape index (κ3) is 5.93. The second kappa shape index (κ2) is 11.7. The Hall–Kier alpha value is -3.24. The average molecular weight is 557 g/mol. The third-order valence-corrected chi connectivity index (χ3v) is 6.15. The summed E-state index contributed by atoms with van der Waals surface area (Å²) in [5.41, 5.74) is 1.10. The van der Waals surface area contributed by atoms with Gasteiger partial charge in [0.2, 0.25) is 0 Å². The van der Waals surface area contributed by atoms with Crippen LogP contribution in [0.5, 0.6) is 11.5 Å². The van der Waals surface area contributed by atoms with E-state index in [1.54, 1.807) is 35.4 Å². The predicted octanol–water partition coefficient (Wildman–Crippen LogP) is 3.80. The van der Waals surface area contributed by atoms with E-state index in [-0.39, 0.29) is 24.0 Å². The number of morpholine rings is 1. The maximum absolute atomic E-state index is 13.2. The Morgan fingerprint density at radius 3 is 2.67 bits per heavy atom. The van der Waals surface area contributed by atoms with Crippen LogP contribution in [-0.4, -0.2) is 66.2 Å². The molecular formula is C26H29BrN4O5. The molecule has 2 heterocycles. The molecule has 10 heteroatoms. The fourth-order valence-electron chi connectivity index (χ4n) is 3.81. The molecule has 0 bridgehead atoms. The standard InChI is InChI=1S/C26H29BrN4O5/c1-4-35-23-13-18(5-8-22(23)36-16-24(32)30-9-11-34-12-10-30)15-28-31-25(17(2)3)29-21-7-6-19(27)14-20(21)26(31)33/h5-8,13-15,17H,4,9-12,16H2,1-3H3. The molecule has 190 valence electrons. The molecule has 1 aromatic heterocycles. The van der Waals surface area contributed by atoms with Gasteiger partial charge in [0.1, 0.15) is 5.82 Å². The van der Waals surface area contributed by atoms with E-state index in [9.17, 15) is 9.59 Å². The molecule has 1 fully saturated rings. The molecule has 1 amide bonds. The van der Waals surface area contributed by atoms with Crippen molar-refractivity contribution < 1.29 is 19.0 Å². The third-order valence-electron chi connectivity index (χ3n) is 5.65. The van der Waals surface area contributed by atoms with Crippen LogP contribution < -0.4 is 15.0 Å². The number of ether oxygens (including phenoxy) is 3. The zero-order valence-electron chi connectivity index (χ0n) is 20.6. The first-order valence-electron chi connectivity index (χ1n) is 11.9. The maximum atomic E-state index is 13.2. The Kier molecular flexibility index (Phi) is 8.37. The molecule has 36 heavy (non-hydrogen) atoms. The zero-order valence-corrected chi connectivity index (χ0v) is 22.2. The highest BCUT2D eigenvalue weighted by Crippen LogP contribution is 2.28. The average Bonchev–Trinajstić information content (AvgIpc) is 2.88. The van der Waals surface area contributed by atoms with Gasteiger partial charge in [0, 0.05) is 23.5 Å². The van der Waals surface area contributed by atoms with Crippen molar-refractivity contribution in [2.75, 3.05) is 39.5 Å². The number of benzene rings is 2. The molecule has 0 radical (unpaired) electrons. The Labute approximate surface area is 217 Å². The topological polar surface area (TPSA) is 95.2 Å². The van der Waals surface area contributed by atoms with E-state index in [2.05, 4.69) is 26.0 Å². The number of hydrogen-bond donors (Lipinski definition) is 0. The fourth-order valence-corrected chi connectivity index (χ4v) is 4.17. The van der Waals surface area contributed by atoms with Gasteiger partial charge in [-0.2, -0.15) is 9.78 Å². The molecule has 1 saturated heterocycles. The summed E-state index contributed by atoms with van der Waals surface area (Å²) in [5.74, 6) is 1.42. The molecule has 9 nitrogen and oxygen atoms in total. The molecule has 0 N–H and O–H groups in total. The first-order chi connectivity index (χ1) is 17.4. The van der Waals surface area contributed by atoms with Gasteiger partial charge in [-0.3, -0.25) is 9.59 Å². The number of carbonyl (C=O) groups is 1. The van der Waals surface area contributed by atoms with Crippen molar-refractivity contribution in [2.24, 2.45) is 5.10 Å². The van der Waals surface area contributed by atoms with Crippen molar-refractivity contribution in [3.8, 4) is 11.5 Å². The van der Waals surface area contributed by atoms with E-state index >= 15 is 0 Å². The lowest BCUT2D eigenvalue weighted by molar-refractivity contribution is -0.137. The Bertz CT molecular complexity index is 1330. The van der Waals surface area contributed by atoms with E-state index < -0.39 is 0 Å². The van der Waals surface area contributed by atoms with Crippen LogP contribution in [0.1, 0.15) is 38.1 Å². The molecule has 0 unspecified atom stereocenters. The van der Waals surface area contributed by atoms with Crippen LogP contribution in [0.2, 0.25) is 0 Å². The monoisotopic (exact) mass is 556 g/mol. The summed E-state index contributed by atoms with van der Waals surface area (Å²) in [6.07, 6.45) is 1.59. The second-order valence-corrected chi connectivity index (χ2v) is 9.48. The lowest BCUT2D eigenvalue weighted by atomic mass is 10.2. The van der Waals surface area contributed by atoms with Crippen molar-refractivity contribution in [1.82, 2.24) is 14.6 Å². The molecule has 4 rings (SSSR count). The summed E-state index contributed by atoms with van der Waals surface area (Å²) in [7, 11) is 0. The van der Waals surface area contributed by atoms with Gasteiger partial charge >= 0.3 is 0 Å². The van der Waals surface area contributed by atoms with Crippen LogP contribution in [0.4, 0.5) is 0 Å². The first kappa shape index (κ1) is 25.8. The number of amides is 1. The van der Waals surface area contributed by atoms with Crippen molar-refractivity contribution in [1.29, 1.82) is 0 Å². The maximum Gasteiger partial charge on any atom is 0.282 e. The summed E-state index contributed by atoms with van der Waals surface area (Å²) in [5, 5.41) is 4.96. The number of aromatic nitrogens is 2. The Morgan fingerprint density at radius 2 is 1.94 bits per heavy atom. The van der Waals surface area contributed by atoms with Crippen molar-refractivity contribution in [3.05, 3.63) is 62.6 Å². The minimum Gasteiger partial charge on any atom is -0.490 e. The molecule has 2 aromatic carbocycles. The fraction of sp³-hybridized carbons (Fsp3) is 0.385. The second-order valence-electron chi connectivity index (χ2n) is 8.57. The Morgan fingerprint density at radius 1 is 1.17 bits per heavy atom. The lowest BCUT2D eigenvalue weighted by Crippen LogP contribution is -2.43. The van der Waals surface area contributed by atoms with Gasteiger partial charge in [-0.05, 0) is 48.9 Å². The highest BCUT2D eigenvalue weighted by Gasteiger charge is 2.18. The quantitative estimate of drug-likeness (QED) is 0.391. The highest BCUT2D eigenvalue weighted by atomic mass is 79.9. The van der Waals surface area contributed by atoms with Crippen molar-refractivity contribution in [3.63, 3.8) is 0 Å². The molecule has 0 spiro atoms. The SMILES string of the molecule is CCOc1cc(C=Nn2c(C(C)C)nc3ccc(Br)cc3c2=O)ccc1OCC(=O)N1CCOCC1. The predicted molar refractivity (Wildman–Crippen MR) is 141 cm³/mol. The summed E-state index contributed by atoms with van der Waals surface area (Å²) in [6, 6.07) is 10.7. The van der Waals surface area contributed by atoms with Crippen LogP contribution in [0.25, 0.3) is 10.9 Å². The molecule has 1 aliphatic rings. The van der Waals surface area contributed by atoms with Crippen molar-refractivity contribution in [2.45, 2.75) is 26.7 Å². The molecule has 3 aromatic rings. The van der Waals surface area contributed by atoms with Gasteiger partial charge < -0.3 is 19.1 Å². The smallest absolute Gasteiger partial charge is 0.282 e. The van der Waals surface area contributed by atoms with E-state index in [0.717, 1.165) is 4.47 Å². The number of rotatable bonds is 8. The molecule has 1 aliphatic heterocycles. The van der Waals surface area contributed by atoms with Gasteiger partial charge in [-0.1, -0.05) is 29.8 Å². The minimum absolute atomic E-state index is 0.0124. The Balaban J connectivity index is 1.59. The van der Waals surface area contributed by atoms with Crippen molar-refractivity contribution >= 4 is 39.0 Å². The summed E-state index contributed by atoms with van der Waals surface area (Å²) >= 11 is 3.42. The lowest BCUT2D eigenvalue weighted by Gasteiger charge is -2.26. The first-order valence-corrected chi connectivity index (χ1v) is 12.7. The normalized spacial score (nSPS) is 14.1.